The zero-order valence-corrected chi connectivity index (χ0v) is 36.2. The highest BCUT2D eigenvalue weighted by molar-refractivity contribution is 8.14. The minimum atomic E-state index is 0.800. The summed E-state index contributed by atoms with van der Waals surface area (Å²) in [6, 6.07) is 0. The Labute approximate surface area is 323 Å². The first-order valence-electron chi connectivity index (χ1n) is 19.1. The summed E-state index contributed by atoms with van der Waals surface area (Å²) in [5.74, 6) is 4.38. The van der Waals surface area contributed by atoms with Crippen molar-refractivity contribution in [3.05, 3.63) is 10.0 Å². The molecule has 0 fully saturated rings. The molecule has 1 aromatic rings. The summed E-state index contributed by atoms with van der Waals surface area (Å²) in [4.78, 5) is 1.60. The number of thiocarbonyl (C=S) groups is 2. The van der Waals surface area contributed by atoms with Gasteiger partial charge in [-0.25, -0.2) is 7.42 Å². The molecule has 0 bridgehead atoms. The van der Waals surface area contributed by atoms with Crippen LogP contribution in [0.3, 0.4) is 0 Å². The van der Waals surface area contributed by atoms with Gasteiger partial charge in [-0.2, -0.15) is 0 Å². The average Bonchev–Trinajstić information content (AvgIpc) is 3.58. The largest absolute Gasteiger partial charge is 0.245 e. The van der Waals surface area contributed by atoms with Gasteiger partial charge in [-0.15, -0.1) is 10.2 Å². The highest BCUT2D eigenvalue weighted by atomic mass is 32.2. The van der Waals surface area contributed by atoms with Crippen molar-refractivity contribution < 1.29 is 0 Å². The number of hydrogen-bond acceptors (Lipinski definition) is 9. The number of hydrogen-bond donors (Lipinski definition) is 0. The van der Waals surface area contributed by atoms with Crippen molar-refractivity contribution in [2.45, 2.75) is 182 Å². The third-order valence-electron chi connectivity index (χ3n) is 7.95. The van der Waals surface area contributed by atoms with Gasteiger partial charge in [0.05, 0.1) is 0 Å². The Kier molecular flexibility index (Phi) is 33.0. The lowest BCUT2D eigenvalue weighted by Crippen LogP contribution is -2.18. The van der Waals surface area contributed by atoms with Crippen LogP contribution in [0.2, 0.25) is 0 Å². The molecule has 1 rings (SSSR count). The van der Waals surface area contributed by atoms with Crippen LogP contribution in [0, 0.1) is 0 Å². The normalized spacial score (nSPS) is 11.3. The molecule has 0 N–H and O–H groups in total. The fourth-order valence-electron chi connectivity index (χ4n) is 4.98. The van der Waals surface area contributed by atoms with Crippen LogP contribution in [0.1, 0.15) is 192 Å². The van der Waals surface area contributed by atoms with Crippen LogP contribution >= 0.6 is 83.6 Å². The molecule has 0 amide bonds. The molecule has 0 saturated carbocycles. The maximum absolute atomic E-state index is 6.06. The summed E-state index contributed by atoms with van der Waals surface area (Å²) in [6.07, 6.45) is 31.5. The number of unbranched alkanes of at least 4 members (excludes halogenated alkanes) is 20. The predicted molar refractivity (Wildman–Crippen MR) is 230 cm³/mol. The van der Waals surface area contributed by atoms with Crippen molar-refractivity contribution in [2.24, 2.45) is 0 Å². The molecule has 0 aliphatic carbocycles. The summed E-state index contributed by atoms with van der Waals surface area (Å²) in [5.41, 5.74) is 0. The van der Waals surface area contributed by atoms with Gasteiger partial charge in [0.2, 0.25) is 0 Å². The number of nitrogens with zero attached hydrogens (tertiary/aromatic N) is 4. The van der Waals surface area contributed by atoms with E-state index in [0.717, 1.165) is 43.0 Å². The molecular formula is C36H68N4S7. The van der Waals surface area contributed by atoms with Gasteiger partial charge < -0.3 is 0 Å². The number of aromatic nitrogens is 2. The van der Waals surface area contributed by atoms with Gasteiger partial charge in [0.1, 0.15) is 0 Å². The third-order valence-corrected chi connectivity index (χ3v) is 15.2. The molecule has 0 aliphatic heterocycles. The van der Waals surface area contributed by atoms with E-state index >= 15 is 0 Å². The Hall–Kier alpha value is 0.740. The average molecular weight is 781 g/mol. The van der Waals surface area contributed by atoms with Crippen molar-refractivity contribution in [1.82, 2.24) is 17.6 Å². The highest BCUT2D eigenvalue weighted by Crippen LogP contribution is 2.32. The smallest absolute Gasteiger partial charge is 0.177 e. The van der Waals surface area contributed by atoms with Gasteiger partial charge in [-0.05, 0) is 73.5 Å². The summed E-state index contributed by atoms with van der Waals surface area (Å²) < 4.78 is 4.53. The molecule has 1 aromatic heterocycles. The molecule has 11 heteroatoms. The van der Waals surface area contributed by atoms with Crippen LogP contribution < -0.4 is 0 Å². The molecule has 0 saturated heterocycles. The van der Waals surface area contributed by atoms with Gasteiger partial charge in [0, 0.05) is 23.0 Å². The quantitative estimate of drug-likeness (QED) is 0.0383. The lowest BCUT2D eigenvalue weighted by Gasteiger charge is -2.21. The van der Waals surface area contributed by atoms with Gasteiger partial charge in [-0.3, -0.25) is 0 Å². The van der Waals surface area contributed by atoms with Crippen molar-refractivity contribution in [1.29, 1.82) is 0 Å². The van der Waals surface area contributed by atoms with E-state index in [1.165, 1.54) is 154 Å². The van der Waals surface area contributed by atoms with E-state index < -0.39 is 0 Å². The maximum atomic E-state index is 6.06. The monoisotopic (exact) mass is 780 g/mol. The van der Waals surface area contributed by atoms with Crippen molar-refractivity contribution in [2.75, 3.05) is 23.0 Å². The molecule has 0 spiro atoms. The molecule has 4 nitrogen and oxygen atoms in total. The molecule has 0 atom stereocenters. The van der Waals surface area contributed by atoms with E-state index in [0.29, 0.717) is 0 Å². The fourth-order valence-corrected chi connectivity index (χ4v) is 11.2. The number of rotatable bonds is 34. The highest BCUT2D eigenvalue weighted by Gasteiger charge is 2.22. The Morgan fingerprint density at radius 1 is 0.426 bits per heavy atom. The molecule has 47 heavy (non-hydrogen) atoms. The van der Waals surface area contributed by atoms with Crippen LogP contribution in [0.4, 0.5) is 0 Å². The summed E-state index contributed by atoms with van der Waals surface area (Å²) in [5, 5.41) is 10.8. The molecule has 0 aliphatic rings. The molecule has 0 aromatic carbocycles. The second kappa shape index (κ2) is 33.9. The topological polar surface area (TPSA) is 32.3 Å². The van der Waals surface area contributed by atoms with Crippen molar-refractivity contribution >= 4 is 93.5 Å². The second-order valence-electron chi connectivity index (χ2n) is 12.4. The standard InChI is InChI=1S/C36H68N4S7/c1-5-9-13-17-21-25-29-43-39(44-30-26-22-18-14-10-6-2)35(41)33-37-38-34(47-33)36(42)40(45-31-27-23-19-15-11-7-3)46-32-28-24-20-16-12-8-4/h5-32H2,1-4H3. The molecule has 0 radical (unpaired) electrons. The minimum Gasteiger partial charge on any atom is -0.245 e. The van der Waals surface area contributed by atoms with E-state index in [1.54, 1.807) is 11.3 Å². The lowest BCUT2D eigenvalue weighted by atomic mass is 10.1. The SMILES string of the molecule is CCCCCCCCSN(SCCCCCCCC)C(=S)c1nnc(C(=S)N(SCCCCCCCC)SCCCCCCCC)s1. The maximum Gasteiger partial charge on any atom is 0.177 e. The zero-order chi connectivity index (χ0) is 34.2. The van der Waals surface area contributed by atoms with Crippen LogP contribution in [0.15, 0.2) is 0 Å². The second-order valence-corrected chi connectivity index (χ2v) is 18.8. The van der Waals surface area contributed by atoms with Gasteiger partial charge in [0.25, 0.3) is 0 Å². The van der Waals surface area contributed by atoms with E-state index in [2.05, 4.69) is 45.3 Å². The zero-order valence-electron chi connectivity index (χ0n) is 30.4. The van der Waals surface area contributed by atoms with Crippen molar-refractivity contribution in [3.63, 3.8) is 0 Å². The molecule has 1 heterocycles. The summed E-state index contributed by atoms with van der Waals surface area (Å²) in [6.45, 7) is 9.12. The van der Waals surface area contributed by atoms with E-state index in [4.69, 9.17) is 24.4 Å². The lowest BCUT2D eigenvalue weighted by molar-refractivity contribution is 0.626. The predicted octanol–water partition coefficient (Wildman–Crippen LogP) is 14.5. The molecule has 274 valence electrons. The van der Waals surface area contributed by atoms with Gasteiger partial charge >= 0.3 is 0 Å². The van der Waals surface area contributed by atoms with Crippen LogP contribution in [0.5, 0.6) is 0 Å². The third kappa shape index (κ3) is 24.5. The van der Waals surface area contributed by atoms with E-state index in [9.17, 15) is 0 Å². The summed E-state index contributed by atoms with van der Waals surface area (Å²) in [7, 11) is 0. The van der Waals surface area contributed by atoms with Gasteiger partial charge in [-0.1, -0.05) is 192 Å². The molecule has 0 unspecified atom stereocenters. The first kappa shape index (κ1) is 45.8. The van der Waals surface area contributed by atoms with Gasteiger partial charge in [0.15, 0.2) is 20.0 Å². The van der Waals surface area contributed by atoms with Crippen molar-refractivity contribution in [3.8, 4) is 0 Å². The Balaban J connectivity index is 2.78. The van der Waals surface area contributed by atoms with E-state index in [1.807, 2.05) is 47.8 Å². The first-order valence-corrected chi connectivity index (χ1v) is 24.5. The first-order chi connectivity index (χ1) is 23.1. The van der Waals surface area contributed by atoms with Crippen LogP contribution in [0.25, 0.3) is 0 Å². The van der Waals surface area contributed by atoms with Crippen LogP contribution in [-0.4, -0.2) is 50.6 Å². The Morgan fingerprint density at radius 3 is 0.915 bits per heavy atom. The van der Waals surface area contributed by atoms with E-state index in [-0.39, 0.29) is 0 Å². The summed E-state index contributed by atoms with van der Waals surface area (Å²) >= 11 is 21.2. The Morgan fingerprint density at radius 2 is 0.660 bits per heavy atom. The van der Waals surface area contributed by atoms with Crippen LogP contribution in [-0.2, 0) is 0 Å². The fraction of sp³-hybridized carbons (Fsp3) is 0.889. The Bertz CT molecular complexity index is 768. The molecular weight excluding hydrogens is 713 g/mol. The minimum absolute atomic E-state index is 0.800.